The summed E-state index contributed by atoms with van der Waals surface area (Å²) in [6, 6.07) is 8.15. The molecule has 72 valence electrons. The topological polar surface area (TPSA) is 23.5 Å². The van der Waals surface area contributed by atoms with Gasteiger partial charge in [-0.3, -0.25) is 0 Å². The van der Waals surface area contributed by atoms with Crippen LogP contribution in [0.3, 0.4) is 0 Å². The van der Waals surface area contributed by atoms with Crippen LogP contribution < -0.4 is 4.90 Å². The summed E-state index contributed by atoms with van der Waals surface area (Å²) in [5, 5.41) is 8.67. The summed E-state index contributed by atoms with van der Waals surface area (Å²) in [4.78, 5) is 2.13. The Morgan fingerprint density at radius 1 is 1.31 bits per heavy atom. The van der Waals surface area contributed by atoms with Crippen molar-refractivity contribution in [1.29, 1.82) is 0 Å². The lowest BCUT2D eigenvalue weighted by Crippen LogP contribution is -2.19. The fourth-order valence-electron chi connectivity index (χ4n) is 1.13. The van der Waals surface area contributed by atoms with E-state index in [-0.39, 0.29) is 6.61 Å². The molecule has 3 heteroatoms. The molecule has 0 fully saturated rings. The molecule has 0 atom stereocenters. The highest BCUT2D eigenvalue weighted by molar-refractivity contribution is 9.10. The summed E-state index contributed by atoms with van der Waals surface area (Å²) in [7, 11) is 2.03. The maximum Gasteiger partial charge on any atom is 0.0447 e. The minimum absolute atomic E-state index is 0.251. The first-order valence-corrected chi connectivity index (χ1v) is 5.11. The van der Waals surface area contributed by atoms with Gasteiger partial charge in [-0.25, -0.2) is 0 Å². The van der Waals surface area contributed by atoms with E-state index in [0.717, 1.165) is 17.4 Å². The van der Waals surface area contributed by atoms with Gasteiger partial charge in [0.1, 0.15) is 0 Å². The molecule has 0 aliphatic carbocycles. The van der Waals surface area contributed by atoms with E-state index < -0.39 is 0 Å². The lowest BCUT2D eigenvalue weighted by molar-refractivity contribution is 0.290. The van der Waals surface area contributed by atoms with Gasteiger partial charge >= 0.3 is 0 Å². The molecule has 1 N–H and O–H groups in total. The van der Waals surface area contributed by atoms with Gasteiger partial charge in [0.05, 0.1) is 0 Å². The van der Waals surface area contributed by atoms with E-state index in [4.69, 9.17) is 5.11 Å². The third-order valence-electron chi connectivity index (χ3n) is 1.92. The highest BCUT2D eigenvalue weighted by Gasteiger charge is 1.98. The van der Waals surface area contributed by atoms with Crippen molar-refractivity contribution in [1.82, 2.24) is 0 Å². The summed E-state index contributed by atoms with van der Waals surface area (Å²) in [6.45, 7) is 1.14. The second-order valence-electron chi connectivity index (χ2n) is 2.98. The fraction of sp³-hybridized carbons (Fsp3) is 0.400. The van der Waals surface area contributed by atoms with Gasteiger partial charge in [-0.05, 0) is 30.7 Å². The molecule has 0 amide bonds. The molecule has 0 unspecified atom stereocenters. The largest absolute Gasteiger partial charge is 0.396 e. The number of rotatable bonds is 4. The molecule has 0 saturated heterocycles. The van der Waals surface area contributed by atoms with E-state index in [0.29, 0.717) is 0 Å². The summed E-state index contributed by atoms with van der Waals surface area (Å²) in [5.41, 5.74) is 1.18. The molecule has 0 spiro atoms. The lowest BCUT2D eigenvalue weighted by atomic mass is 10.3. The maximum atomic E-state index is 8.67. The van der Waals surface area contributed by atoms with Gasteiger partial charge in [0.25, 0.3) is 0 Å². The highest BCUT2D eigenvalue weighted by atomic mass is 79.9. The molecule has 0 radical (unpaired) electrons. The highest BCUT2D eigenvalue weighted by Crippen LogP contribution is 2.17. The van der Waals surface area contributed by atoms with Crippen LogP contribution in [0.15, 0.2) is 28.7 Å². The molecule has 0 bridgehead atoms. The molecule has 1 rings (SSSR count). The normalized spacial score (nSPS) is 10.1. The lowest BCUT2D eigenvalue weighted by Gasteiger charge is -2.18. The van der Waals surface area contributed by atoms with Crippen LogP contribution in [0.25, 0.3) is 0 Å². The molecule has 0 aromatic heterocycles. The Hall–Kier alpha value is -0.540. The quantitative estimate of drug-likeness (QED) is 0.878. The van der Waals surface area contributed by atoms with E-state index in [9.17, 15) is 0 Å². The van der Waals surface area contributed by atoms with E-state index >= 15 is 0 Å². The van der Waals surface area contributed by atoms with Crippen molar-refractivity contribution in [2.45, 2.75) is 6.42 Å². The van der Waals surface area contributed by atoms with Crippen molar-refractivity contribution >= 4 is 21.6 Å². The number of halogens is 1. The van der Waals surface area contributed by atoms with Crippen LogP contribution in [0.2, 0.25) is 0 Å². The zero-order valence-corrected chi connectivity index (χ0v) is 9.29. The molecular weight excluding hydrogens is 230 g/mol. The summed E-state index contributed by atoms with van der Waals surface area (Å²) < 4.78 is 1.09. The Balaban J connectivity index is 2.55. The van der Waals surface area contributed by atoms with Crippen molar-refractivity contribution in [2.24, 2.45) is 0 Å². The Labute approximate surface area is 87.3 Å². The average Bonchev–Trinajstić information content (AvgIpc) is 2.15. The first-order chi connectivity index (χ1) is 6.24. The second kappa shape index (κ2) is 5.25. The molecule has 1 aromatic rings. The van der Waals surface area contributed by atoms with Crippen molar-refractivity contribution in [3.63, 3.8) is 0 Å². The van der Waals surface area contributed by atoms with Gasteiger partial charge in [0, 0.05) is 30.4 Å². The van der Waals surface area contributed by atoms with Crippen LogP contribution in [-0.2, 0) is 0 Å². The zero-order valence-electron chi connectivity index (χ0n) is 7.70. The number of aliphatic hydroxyl groups is 1. The number of hydrogen-bond donors (Lipinski definition) is 1. The van der Waals surface area contributed by atoms with E-state index in [1.165, 1.54) is 5.69 Å². The monoisotopic (exact) mass is 243 g/mol. The molecule has 1 aromatic carbocycles. The number of aliphatic hydroxyl groups excluding tert-OH is 1. The Morgan fingerprint density at radius 3 is 2.46 bits per heavy atom. The van der Waals surface area contributed by atoms with Crippen LogP contribution in [0.5, 0.6) is 0 Å². The van der Waals surface area contributed by atoms with E-state index in [2.05, 4.69) is 33.0 Å². The van der Waals surface area contributed by atoms with Crippen molar-refractivity contribution in [3.05, 3.63) is 28.7 Å². The minimum Gasteiger partial charge on any atom is -0.396 e. The predicted octanol–water partition coefficient (Wildman–Crippen LogP) is 2.27. The minimum atomic E-state index is 0.251. The van der Waals surface area contributed by atoms with Crippen molar-refractivity contribution in [2.75, 3.05) is 25.1 Å². The van der Waals surface area contributed by atoms with Crippen LogP contribution in [0, 0.1) is 0 Å². The van der Waals surface area contributed by atoms with Crippen molar-refractivity contribution in [3.8, 4) is 0 Å². The van der Waals surface area contributed by atoms with Gasteiger partial charge in [0.15, 0.2) is 0 Å². The Kier molecular flexibility index (Phi) is 4.25. The fourth-order valence-corrected chi connectivity index (χ4v) is 1.40. The van der Waals surface area contributed by atoms with E-state index in [1.54, 1.807) is 0 Å². The van der Waals surface area contributed by atoms with E-state index in [1.807, 2.05) is 19.2 Å². The summed E-state index contributed by atoms with van der Waals surface area (Å²) in [5.74, 6) is 0. The molecule has 0 heterocycles. The Morgan fingerprint density at radius 2 is 1.92 bits per heavy atom. The van der Waals surface area contributed by atoms with Gasteiger partial charge in [0.2, 0.25) is 0 Å². The number of nitrogens with zero attached hydrogens (tertiary/aromatic N) is 1. The SMILES string of the molecule is CN(CCCO)c1ccc(Br)cc1. The van der Waals surface area contributed by atoms with Crippen LogP contribution in [0.1, 0.15) is 6.42 Å². The van der Waals surface area contributed by atoms with Gasteiger partial charge < -0.3 is 10.0 Å². The van der Waals surface area contributed by atoms with Crippen LogP contribution >= 0.6 is 15.9 Å². The first-order valence-electron chi connectivity index (χ1n) is 4.31. The smallest absolute Gasteiger partial charge is 0.0447 e. The second-order valence-corrected chi connectivity index (χ2v) is 3.89. The average molecular weight is 244 g/mol. The number of anilines is 1. The zero-order chi connectivity index (χ0) is 9.68. The molecule has 2 nitrogen and oxygen atoms in total. The van der Waals surface area contributed by atoms with Gasteiger partial charge in [-0.1, -0.05) is 15.9 Å². The Bertz CT molecular complexity index is 248. The first kappa shape index (κ1) is 10.5. The van der Waals surface area contributed by atoms with Gasteiger partial charge in [-0.15, -0.1) is 0 Å². The molecular formula is C10H14BrNO. The van der Waals surface area contributed by atoms with Gasteiger partial charge in [-0.2, -0.15) is 0 Å². The predicted molar refractivity (Wildman–Crippen MR) is 59.1 cm³/mol. The maximum absolute atomic E-state index is 8.67. The standard InChI is InChI=1S/C10H14BrNO/c1-12(7-2-8-13)10-5-3-9(11)4-6-10/h3-6,13H,2,7-8H2,1H3. The molecule has 0 saturated carbocycles. The third kappa shape index (κ3) is 3.36. The van der Waals surface area contributed by atoms with Crippen molar-refractivity contribution < 1.29 is 5.11 Å². The summed E-state index contributed by atoms with van der Waals surface area (Å²) in [6.07, 6.45) is 0.812. The number of benzene rings is 1. The molecule has 0 aliphatic heterocycles. The number of hydrogen-bond acceptors (Lipinski definition) is 2. The summed E-state index contributed by atoms with van der Waals surface area (Å²) >= 11 is 3.39. The van der Waals surface area contributed by atoms with Crippen LogP contribution in [-0.4, -0.2) is 25.3 Å². The third-order valence-corrected chi connectivity index (χ3v) is 2.45. The molecule has 0 aliphatic rings. The van der Waals surface area contributed by atoms with Crippen LogP contribution in [0.4, 0.5) is 5.69 Å². The molecule has 13 heavy (non-hydrogen) atoms.